The van der Waals surface area contributed by atoms with Gasteiger partial charge < -0.3 is 14.4 Å². The molecule has 1 unspecified atom stereocenters. The second-order valence-electron chi connectivity index (χ2n) is 12.0. The minimum Gasteiger partial charge on any atom is -0.494 e. The van der Waals surface area contributed by atoms with Crippen molar-refractivity contribution < 1.29 is 19.1 Å². The van der Waals surface area contributed by atoms with Crippen molar-refractivity contribution in [2.45, 2.75) is 78.2 Å². The van der Waals surface area contributed by atoms with Crippen LogP contribution in [0.1, 0.15) is 82.5 Å². The first-order chi connectivity index (χ1) is 16.3. The Morgan fingerprint density at radius 3 is 2.59 bits per heavy atom. The topological polar surface area (TPSA) is 55.8 Å². The molecule has 0 bridgehead atoms. The highest BCUT2D eigenvalue weighted by molar-refractivity contribution is 5.89. The zero-order valence-electron chi connectivity index (χ0n) is 21.3. The monoisotopic (exact) mass is 467 g/mol. The number of piperidine rings is 1. The average Bonchev–Trinajstić information content (AvgIpc) is 3.23. The van der Waals surface area contributed by atoms with Crippen LogP contribution in [0.2, 0.25) is 0 Å². The maximum absolute atomic E-state index is 12.9. The van der Waals surface area contributed by atoms with Crippen molar-refractivity contribution in [3.63, 3.8) is 0 Å². The minimum atomic E-state index is -0.258. The number of rotatable bonds is 5. The van der Waals surface area contributed by atoms with Crippen molar-refractivity contribution in [3.05, 3.63) is 29.8 Å². The third-order valence-electron chi connectivity index (χ3n) is 10.4. The molecule has 5 rings (SSSR count). The Hall–Kier alpha value is -2.04. The Balaban J connectivity index is 1.38. The molecule has 0 aromatic heterocycles. The average molecular weight is 468 g/mol. The molecule has 0 N–H and O–H groups in total. The largest absolute Gasteiger partial charge is 0.494 e. The molecule has 5 heteroatoms. The molecule has 3 aliphatic carbocycles. The second-order valence-corrected chi connectivity index (χ2v) is 12.0. The predicted octanol–water partition coefficient (Wildman–Crippen LogP) is 5.72. The fraction of sp³-hybridized carbons (Fsp3) is 0.724. The van der Waals surface area contributed by atoms with Crippen LogP contribution in [-0.4, -0.2) is 43.1 Å². The van der Waals surface area contributed by atoms with Gasteiger partial charge in [0, 0.05) is 19.5 Å². The van der Waals surface area contributed by atoms with E-state index in [2.05, 4.69) is 13.8 Å². The quantitative estimate of drug-likeness (QED) is 0.520. The fourth-order valence-corrected chi connectivity index (χ4v) is 8.55. The van der Waals surface area contributed by atoms with E-state index in [9.17, 15) is 9.59 Å². The van der Waals surface area contributed by atoms with Gasteiger partial charge in [-0.25, -0.2) is 4.79 Å². The van der Waals surface area contributed by atoms with Crippen molar-refractivity contribution in [1.29, 1.82) is 0 Å². The molecule has 5 nitrogen and oxygen atoms in total. The van der Waals surface area contributed by atoms with Gasteiger partial charge in [-0.15, -0.1) is 0 Å². The maximum Gasteiger partial charge on any atom is 0.338 e. The smallest absolute Gasteiger partial charge is 0.338 e. The van der Waals surface area contributed by atoms with Gasteiger partial charge >= 0.3 is 5.97 Å². The highest BCUT2D eigenvalue weighted by Crippen LogP contribution is 2.66. The first kappa shape index (κ1) is 23.7. The Morgan fingerprint density at radius 2 is 1.85 bits per heavy atom. The summed E-state index contributed by atoms with van der Waals surface area (Å²) < 4.78 is 11.5. The Kier molecular flexibility index (Phi) is 6.18. The molecule has 1 heterocycles. The van der Waals surface area contributed by atoms with Gasteiger partial charge in [0.1, 0.15) is 5.75 Å². The summed E-state index contributed by atoms with van der Waals surface area (Å²) in [6.45, 7) is 7.97. The summed E-state index contributed by atoms with van der Waals surface area (Å²) in [6.07, 6.45) is 9.13. The van der Waals surface area contributed by atoms with Crippen molar-refractivity contribution in [1.82, 2.24) is 4.90 Å². The van der Waals surface area contributed by atoms with Crippen molar-refractivity contribution in [2.75, 3.05) is 20.3 Å². The summed E-state index contributed by atoms with van der Waals surface area (Å²) in [5, 5.41) is 0. The third-order valence-corrected chi connectivity index (χ3v) is 10.4. The normalized spacial score (nSPS) is 39.1. The first-order valence-corrected chi connectivity index (χ1v) is 13.4. The second kappa shape index (κ2) is 8.87. The van der Waals surface area contributed by atoms with Gasteiger partial charge in [0.15, 0.2) is 0 Å². The molecular formula is C29H41NO4. The molecule has 186 valence electrons. The molecule has 7 atom stereocenters. The minimum absolute atomic E-state index is 0.173. The van der Waals surface area contributed by atoms with Gasteiger partial charge in [-0.1, -0.05) is 20.3 Å². The molecule has 4 aliphatic rings. The van der Waals surface area contributed by atoms with Crippen molar-refractivity contribution in [3.8, 4) is 5.75 Å². The lowest BCUT2D eigenvalue weighted by atomic mass is 9.45. The number of carbonyl (C=O) groups is 2. The molecule has 0 spiro atoms. The summed E-state index contributed by atoms with van der Waals surface area (Å²) in [6, 6.07) is 7.48. The van der Waals surface area contributed by atoms with Crippen LogP contribution >= 0.6 is 0 Å². The lowest BCUT2D eigenvalue weighted by molar-refractivity contribution is -0.169. The Morgan fingerprint density at radius 1 is 1.09 bits per heavy atom. The van der Waals surface area contributed by atoms with Gasteiger partial charge in [0.25, 0.3) is 0 Å². The molecule has 0 radical (unpaired) electrons. The van der Waals surface area contributed by atoms with Gasteiger partial charge in [-0.05, 0) is 104 Å². The molecule has 4 fully saturated rings. The van der Waals surface area contributed by atoms with Crippen LogP contribution in [0.4, 0.5) is 0 Å². The van der Waals surface area contributed by atoms with Crippen LogP contribution in [0.25, 0.3) is 0 Å². The molecule has 3 saturated carbocycles. The number of likely N-dealkylation sites (tertiary alicyclic amines) is 1. The lowest BCUT2D eigenvalue weighted by Gasteiger charge is -2.63. The van der Waals surface area contributed by atoms with Crippen LogP contribution in [0, 0.1) is 34.5 Å². The van der Waals surface area contributed by atoms with E-state index in [1.54, 1.807) is 12.1 Å². The predicted molar refractivity (Wildman–Crippen MR) is 132 cm³/mol. The number of nitrogens with zero attached hydrogens (tertiary/aromatic N) is 1. The number of benzene rings is 1. The maximum atomic E-state index is 12.9. The Bertz CT molecular complexity index is 929. The van der Waals surface area contributed by atoms with Gasteiger partial charge in [0.05, 0.1) is 18.8 Å². The van der Waals surface area contributed by atoms with E-state index in [-0.39, 0.29) is 23.3 Å². The summed E-state index contributed by atoms with van der Waals surface area (Å²) in [5.41, 5.74) is 1.17. The van der Waals surface area contributed by atoms with Crippen molar-refractivity contribution >= 4 is 11.9 Å². The number of ether oxygens (including phenoxy) is 2. The lowest BCUT2D eigenvalue weighted by Crippen LogP contribution is -2.63. The van der Waals surface area contributed by atoms with E-state index in [0.717, 1.165) is 18.6 Å². The summed E-state index contributed by atoms with van der Waals surface area (Å²) in [4.78, 5) is 27.6. The summed E-state index contributed by atoms with van der Waals surface area (Å²) >= 11 is 0. The molecule has 1 aromatic carbocycles. The number of amides is 1. The number of esters is 1. The number of hydrogen-bond donors (Lipinski definition) is 0. The molecule has 1 amide bonds. The number of hydrogen-bond acceptors (Lipinski definition) is 4. The van der Waals surface area contributed by atoms with E-state index in [4.69, 9.17) is 9.47 Å². The highest BCUT2D eigenvalue weighted by Gasteiger charge is 2.61. The van der Waals surface area contributed by atoms with Crippen LogP contribution < -0.4 is 4.74 Å². The standard InChI is InChI=1S/C29H41NO4/c1-5-33-21-10-8-19(9-11-21)27(32)34-18-20-17-24-29(3,16-13-25(31)30(24)4)23-12-15-28(2)14-6-7-22(28)26(20)23/h8-11,20,22-24,26H,5-7,12-18H2,1-4H3/t20?,22-,23-,24+,26-,28-,29+/m0/s1. The molecular weight excluding hydrogens is 426 g/mol. The van der Waals surface area contributed by atoms with Gasteiger partial charge in [0.2, 0.25) is 5.91 Å². The van der Waals surface area contributed by atoms with E-state index in [1.807, 2.05) is 31.0 Å². The molecule has 34 heavy (non-hydrogen) atoms. The summed E-state index contributed by atoms with van der Waals surface area (Å²) in [5.74, 6) is 2.98. The van der Waals surface area contributed by atoms with Crippen LogP contribution in [0.3, 0.4) is 0 Å². The van der Waals surface area contributed by atoms with Crippen LogP contribution in [0.15, 0.2) is 24.3 Å². The fourth-order valence-electron chi connectivity index (χ4n) is 8.55. The summed E-state index contributed by atoms with van der Waals surface area (Å²) in [7, 11) is 2.00. The zero-order valence-corrected chi connectivity index (χ0v) is 21.3. The Labute approximate surface area is 204 Å². The van der Waals surface area contributed by atoms with E-state index >= 15 is 0 Å². The van der Waals surface area contributed by atoms with E-state index in [0.29, 0.717) is 54.3 Å². The zero-order chi connectivity index (χ0) is 24.1. The SMILES string of the molecule is CCOc1ccc(C(=O)OCC2C[C@H]3N(C)C(=O)CC[C@]3(C)[C@H]3CC[C@]4(C)CCC[C@H]4[C@H]23)cc1. The van der Waals surface area contributed by atoms with E-state index in [1.165, 1.54) is 32.1 Å². The highest BCUT2D eigenvalue weighted by atomic mass is 16.5. The van der Waals surface area contributed by atoms with Gasteiger partial charge in [-0.3, -0.25) is 4.79 Å². The van der Waals surface area contributed by atoms with Gasteiger partial charge in [-0.2, -0.15) is 0 Å². The molecule has 1 aliphatic heterocycles. The number of fused-ring (bicyclic) bond motifs is 5. The van der Waals surface area contributed by atoms with Crippen LogP contribution in [-0.2, 0) is 9.53 Å². The van der Waals surface area contributed by atoms with Crippen molar-refractivity contribution in [2.24, 2.45) is 34.5 Å². The van der Waals surface area contributed by atoms with E-state index < -0.39 is 0 Å². The molecule has 1 saturated heterocycles. The first-order valence-electron chi connectivity index (χ1n) is 13.4. The third kappa shape index (κ3) is 3.83. The number of carbonyl (C=O) groups excluding carboxylic acids is 2. The van der Waals surface area contributed by atoms with Crippen LogP contribution in [0.5, 0.6) is 5.75 Å². The molecule has 1 aromatic rings.